The van der Waals surface area contributed by atoms with Gasteiger partial charge in [-0.15, -0.1) is 11.3 Å². The smallest absolute Gasteiger partial charge is 0.152 e. The molecular formula is C12H9ClN2OS. The average molecular weight is 265 g/mol. The van der Waals surface area contributed by atoms with E-state index in [-0.39, 0.29) is 5.75 Å². The second-order valence-corrected chi connectivity index (χ2v) is 5.01. The van der Waals surface area contributed by atoms with Crippen molar-refractivity contribution in [3.63, 3.8) is 0 Å². The summed E-state index contributed by atoms with van der Waals surface area (Å²) < 4.78 is 2.97. The molecule has 0 saturated carbocycles. The normalized spacial score (nSPS) is 11.2. The summed E-state index contributed by atoms with van der Waals surface area (Å²) in [4.78, 5) is 4.29. The molecule has 0 atom stereocenters. The van der Waals surface area contributed by atoms with E-state index in [1.54, 1.807) is 17.6 Å². The van der Waals surface area contributed by atoms with Gasteiger partial charge in [0.15, 0.2) is 5.65 Å². The molecule has 3 nitrogen and oxygen atoms in total. The fourth-order valence-electron chi connectivity index (χ4n) is 1.93. The lowest BCUT2D eigenvalue weighted by molar-refractivity contribution is 0.475. The Kier molecular flexibility index (Phi) is 2.34. The number of fused-ring (bicyclic) bond motifs is 1. The average Bonchev–Trinajstić information content (AvgIpc) is 2.87. The first-order valence-electron chi connectivity index (χ1n) is 5.05. The van der Waals surface area contributed by atoms with Crippen LogP contribution in [0, 0.1) is 0 Å². The lowest BCUT2D eigenvalue weighted by atomic mass is 10.1. The van der Waals surface area contributed by atoms with Crippen LogP contribution in [-0.4, -0.2) is 14.7 Å². The highest BCUT2D eigenvalue weighted by atomic mass is 35.5. The highest BCUT2D eigenvalue weighted by Gasteiger charge is 2.16. The molecule has 0 bridgehead atoms. The third-order valence-corrected chi connectivity index (χ3v) is 4.06. The fraction of sp³-hybridized carbons (Fsp3) is 0.0833. The number of hydrogen-bond donors (Lipinski definition) is 1. The molecule has 3 rings (SSSR count). The van der Waals surface area contributed by atoms with E-state index in [0.29, 0.717) is 0 Å². The van der Waals surface area contributed by atoms with Crippen LogP contribution in [0.1, 0.15) is 0 Å². The van der Waals surface area contributed by atoms with Gasteiger partial charge >= 0.3 is 0 Å². The van der Waals surface area contributed by atoms with Gasteiger partial charge in [-0.05, 0) is 24.3 Å². The minimum absolute atomic E-state index is 0.249. The van der Waals surface area contributed by atoms with E-state index in [4.69, 9.17) is 11.6 Å². The number of aryl methyl sites for hydroxylation is 1. The standard InChI is InChI=1S/C12H9ClN2OS/c1-15-10(7-2-4-8(16)5-3-7)9(13)11-12(15)14-6-17-11/h2-6,16H,1H3. The zero-order valence-corrected chi connectivity index (χ0v) is 10.6. The minimum Gasteiger partial charge on any atom is -0.508 e. The van der Waals surface area contributed by atoms with Crippen LogP contribution in [0.3, 0.4) is 0 Å². The van der Waals surface area contributed by atoms with E-state index in [0.717, 1.165) is 26.6 Å². The second-order valence-electron chi connectivity index (χ2n) is 3.77. The first-order chi connectivity index (χ1) is 8.18. The molecule has 0 aliphatic heterocycles. The van der Waals surface area contributed by atoms with Crippen molar-refractivity contribution in [1.82, 2.24) is 9.55 Å². The summed E-state index contributed by atoms with van der Waals surface area (Å²) in [5.74, 6) is 0.249. The third-order valence-electron chi connectivity index (χ3n) is 2.75. The number of aromatic nitrogens is 2. The largest absolute Gasteiger partial charge is 0.508 e. The molecule has 2 aromatic heterocycles. The van der Waals surface area contributed by atoms with Crippen molar-refractivity contribution in [3.8, 4) is 17.0 Å². The molecule has 0 unspecified atom stereocenters. The van der Waals surface area contributed by atoms with E-state index < -0.39 is 0 Å². The molecule has 0 radical (unpaired) electrons. The lowest BCUT2D eigenvalue weighted by Crippen LogP contribution is -1.92. The number of phenolic OH excluding ortho intramolecular Hbond substituents is 1. The van der Waals surface area contributed by atoms with Crippen LogP contribution in [-0.2, 0) is 7.05 Å². The quantitative estimate of drug-likeness (QED) is 0.728. The number of aromatic hydroxyl groups is 1. The van der Waals surface area contributed by atoms with Crippen LogP contribution < -0.4 is 0 Å². The summed E-state index contributed by atoms with van der Waals surface area (Å²) in [5, 5.41) is 10.0. The van der Waals surface area contributed by atoms with Gasteiger partial charge < -0.3 is 9.67 Å². The van der Waals surface area contributed by atoms with Gasteiger partial charge in [-0.3, -0.25) is 0 Å². The predicted molar refractivity (Wildman–Crippen MR) is 70.7 cm³/mol. The van der Waals surface area contributed by atoms with Crippen molar-refractivity contribution in [3.05, 3.63) is 34.8 Å². The van der Waals surface area contributed by atoms with Crippen LogP contribution in [0.15, 0.2) is 29.8 Å². The second kappa shape index (κ2) is 3.75. The highest BCUT2D eigenvalue weighted by molar-refractivity contribution is 7.17. The number of rotatable bonds is 1. The molecule has 0 saturated heterocycles. The number of hydrogen-bond acceptors (Lipinski definition) is 3. The van der Waals surface area contributed by atoms with Gasteiger partial charge in [0, 0.05) is 12.6 Å². The van der Waals surface area contributed by atoms with E-state index in [9.17, 15) is 5.11 Å². The minimum atomic E-state index is 0.249. The lowest BCUT2D eigenvalue weighted by Gasteiger charge is -2.04. The Labute approximate surface area is 107 Å². The molecule has 5 heteroatoms. The maximum Gasteiger partial charge on any atom is 0.152 e. The zero-order chi connectivity index (χ0) is 12.0. The Morgan fingerprint density at radius 2 is 2.00 bits per heavy atom. The van der Waals surface area contributed by atoms with E-state index in [1.165, 1.54) is 11.3 Å². The van der Waals surface area contributed by atoms with Gasteiger partial charge in [0.2, 0.25) is 0 Å². The Morgan fingerprint density at radius 3 is 2.65 bits per heavy atom. The van der Waals surface area contributed by atoms with Crippen molar-refractivity contribution in [2.75, 3.05) is 0 Å². The van der Waals surface area contributed by atoms with Gasteiger partial charge in [0.05, 0.1) is 20.9 Å². The number of nitrogens with zero attached hydrogens (tertiary/aromatic N) is 2. The summed E-state index contributed by atoms with van der Waals surface area (Å²) in [7, 11) is 1.94. The van der Waals surface area contributed by atoms with Crippen molar-refractivity contribution < 1.29 is 5.11 Å². The SMILES string of the molecule is Cn1c(-c2ccc(O)cc2)c(Cl)c2scnc21. The fourth-order valence-corrected chi connectivity index (χ4v) is 3.14. The zero-order valence-electron chi connectivity index (χ0n) is 9.01. The summed E-state index contributed by atoms with van der Waals surface area (Å²) in [6.07, 6.45) is 0. The van der Waals surface area contributed by atoms with Gasteiger partial charge in [0.1, 0.15) is 5.75 Å². The number of benzene rings is 1. The molecule has 17 heavy (non-hydrogen) atoms. The molecule has 0 amide bonds. The van der Waals surface area contributed by atoms with Crippen LogP contribution in [0.5, 0.6) is 5.75 Å². The molecule has 0 spiro atoms. The highest BCUT2D eigenvalue weighted by Crippen LogP contribution is 2.38. The van der Waals surface area contributed by atoms with Crippen LogP contribution in [0.2, 0.25) is 5.02 Å². The Hall–Kier alpha value is -1.52. The van der Waals surface area contributed by atoms with Crippen molar-refractivity contribution >= 4 is 33.3 Å². The monoisotopic (exact) mass is 264 g/mol. The molecule has 2 heterocycles. The number of phenols is 1. The maximum absolute atomic E-state index is 9.29. The molecule has 0 aliphatic carbocycles. The van der Waals surface area contributed by atoms with Crippen LogP contribution >= 0.6 is 22.9 Å². The topological polar surface area (TPSA) is 38.0 Å². The Bertz CT molecular complexity index is 650. The van der Waals surface area contributed by atoms with Gasteiger partial charge in [-0.2, -0.15) is 0 Å². The Morgan fingerprint density at radius 1 is 1.29 bits per heavy atom. The molecule has 1 aromatic carbocycles. The number of thiazole rings is 1. The third kappa shape index (κ3) is 1.52. The summed E-state index contributed by atoms with van der Waals surface area (Å²) in [6, 6.07) is 7.00. The van der Waals surface area contributed by atoms with Crippen molar-refractivity contribution in [1.29, 1.82) is 0 Å². The molecule has 86 valence electrons. The number of halogens is 1. The van der Waals surface area contributed by atoms with Gasteiger partial charge in [-0.25, -0.2) is 4.98 Å². The van der Waals surface area contributed by atoms with E-state index in [1.807, 2.05) is 23.7 Å². The first kappa shape index (κ1) is 10.6. The van der Waals surface area contributed by atoms with Crippen LogP contribution in [0.25, 0.3) is 21.6 Å². The maximum atomic E-state index is 9.29. The summed E-state index contributed by atoms with van der Waals surface area (Å²) in [5.41, 5.74) is 4.58. The van der Waals surface area contributed by atoms with Crippen molar-refractivity contribution in [2.24, 2.45) is 7.05 Å². The summed E-state index contributed by atoms with van der Waals surface area (Å²) >= 11 is 7.90. The van der Waals surface area contributed by atoms with E-state index in [2.05, 4.69) is 4.98 Å². The summed E-state index contributed by atoms with van der Waals surface area (Å²) in [6.45, 7) is 0. The molecule has 1 N–H and O–H groups in total. The predicted octanol–water partition coefficient (Wildman–Crippen LogP) is 3.66. The van der Waals surface area contributed by atoms with E-state index >= 15 is 0 Å². The first-order valence-corrected chi connectivity index (χ1v) is 6.31. The molecule has 3 aromatic rings. The Balaban J connectivity index is 2.29. The van der Waals surface area contributed by atoms with Crippen LogP contribution in [0.4, 0.5) is 0 Å². The molecule has 0 fully saturated rings. The molecular weight excluding hydrogens is 256 g/mol. The van der Waals surface area contributed by atoms with Gasteiger partial charge in [-0.1, -0.05) is 11.6 Å². The molecule has 0 aliphatic rings. The van der Waals surface area contributed by atoms with Gasteiger partial charge in [0.25, 0.3) is 0 Å². The van der Waals surface area contributed by atoms with Crippen molar-refractivity contribution in [2.45, 2.75) is 0 Å².